The highest BCUT2D eigenvalue weighted by molar-refractivity contribution is 7.91. The van der Waals surface area contributed by atoms with Gasteiger partial charge in [-0.1, -0.05) is 42.5 Å². The van der Waals surface area contributed by atoms with E-state index >= 15 is 0 Å². The maximum Gasteiger partial charge on any atom is 0.320 e. The van der Waals surface area contributed by atoms with Crippen molar-refractivity contribution < 1.29 is 32.3 Å². The SMILES string of the molecule is COc1cc2nc(-c3ccccc3)nc(O[C@@H]3C[C@H]4C(=O)N[C@]5(C(=O)NS(=O)(=O)C6CC6)C[C@H]5C=CCCCCN(C)C(=O)N4C3)c2cc1C. The van der Waals surface area contributed by atoms with Crippen molar-refractivity contribution in [1.82, 2.24) is 29.8 Å². The van der Waals surface area contributed by atoms with E-state index < -0.39 is 44.8 Å². The molecule has 0 radical (unpaired) electrons. The van der Waals surface area contributed by atoms with Crippen LogP contribution in [0.2, 0.25) is 0 Å². The number of methoxy groups -OCH3 is 1. The third kappa shape index (κ3) is 6.60. The Balaban J connectivity index is 1.21. The third-order valence-electron chi connectivity index (χ3n) is 10.1. The minimum atomic E-state index is -3.84. The van der Waals surface area contributed by atoms with Crippen LogP contribution in [0.1, 0.15) is 50.5 Å². The molecule has 2 N–H and O–H groups in total. The number of carbonyl (C=O) groups is 3. The van der Waals surface area contributed by atoms with Crippen molar-refractivity contribution >= 4 is 38.8 Å². The first-order chi connectivity index (χ1) is 24.0. The number of rotatable bonds is 7. The lowest BCUT2D eigenvalue weighted by atomic mass is 10.1. The molecule has 3 aromatic rings. The number of nitrogens with zero attached hydrogens (tertiary/aromatic N) is 4. The van der Waals surface area contributed by atoms with Crippen LogP contribution >= 0.6 is 0 Å². The molecular formula is C36H42N6O7S. The Hall–Kier alpha value is -4.72. The van der Waals surface area contributed by atoms with Crippen LogP contribution in [0, 0.1) is 12.8 Å². The Bertz CT molecular complexity index is 1970. The molecule has 2 aliphatic heterocycles. The average molecular weight is 703 g/mol. The summed E-state index contributed by atoms with van der Waals surface area (Å²) in [5.74, 6) is -0.223. The van der Waals surface area contributed by atoms with Crippen LogP contribution in [0.5, 0.6) is 11.6 Å². The van der Waals surface area contributed by atoms with Crippen LogP contribution < -0.4 is 19.5 Å². The second-order valence-corrected chi connectivity index (χ2v) is 15.7. The van der Waals surface area contributed by atoms with Crippen molar-refractivity contribution in [3.63, 3.8) is 0 Å². The quantitative estimate of drug-likeness (QED) is 0.350. The number of ether oxygens (including phenoxy) is 2. The van der Waals surface area contributed by atoms with E-state index in [9.17, 15) is 22.8 Å². The number of benzene rings is 2. The number of aryl methyl sites for hydroxylation is 1. The molecule has 1 aromatic heterocycles. The van der Waals surface area contributed by atoms with E-state index in [1.165, 1.54) is 4.90 Å². The molecule has 0 spiro atoms. The Kier molecular flexibility index (Phi) is 8.91. The Labute approximate surface area is 291 Å². The smallest absolute Gasteiger partial charge is 0.320 e. The lowest BCUT2D eigenvalue weighted by molar-refractivity contribution is -0.131. The predicted octanol–water partition coefficient (Wildman–Crippen LogP) is 3.71. The highest BCUT2D eigenvalue weighted by Gasteiger charge is 2.62. The largest absolute Gasteiger partial charge is 0.496 e. The summed E-state index contributed by atoms with van der Waals surface area (Å²) in [6.07, 6.45) is 6.94. The lowest BCUT2D eigenvalue weighted by Gasteiger charge is -2.30. The number of allylic oxidation sites excluding steroid dienone is 1. The van der Waals surface area contributed by atoms with Crippen molar-refractivity contribution in [2.45, 2.75) is 74.8 Å². The molecule has 4 atom stereocenters. The van der Waals surface area contributed by atoms with Crippen LogP contribution in [0.15, 0.2) is 54.6 Å². The molecule has 4 aliphatic rings. The van der Waals surface area contributed by atoms with E-state index in [2.05, 4.69) is 10.0 Å². The van der Waals surface area contributed by atoms with Gasteiger partial charge < -0.3 is 24.6 Å². The highest BCUT2D eigenvalue weighted by atomic mass is 32.2. The number of aromatic nitrogens is 2. The van der Waals surface area contributed by atoms with Crippen LogP contribution in [0.25, 0.3) is 22.3 Å². The molecule has 13 nitrogen and oxygen atoms in total. The second-order valence-electron chi connectivity index (χ2n) is 13.8. The predicted molar refractivity (Wildman–Crippen MR) is 186 cm³/mol. The summed E-state index contributed by atoms with van der Waals surface area (Å²) >= 11 is 0. The van der Waals surface area contributed by atoms with Crippen molar-refractivity contribution in [1.29, 1.82) is 0 Å². The molecule has 2 saturated carbocycles. The number of carbonyl (C=O) groups excluding carboxylic acids is 3. The van der Waals surface area contributed by atoms with Gasteiger partial charge in [-0.25, -0.2) is 18.2 Å². The Morgan fingerprint density at radius 2 is 1.88 bits per heavy atom. The minimum absolute atomic E-state index is 0.0984. The molecule has 3 fully saturated rings. The summed E-state index contributed by atoms with van der Waals surface area (Å²) in [7, 11) is -0.529. The number of hydrogen-bond acceptors (Lipinski definition) is 9. The third-order valence-corrected chi connectivity index (χ3v) is 11.9. The zero-order chi connectivity index (χ0) is 35.2. The molecule has 0 bridgehead atoms. The summed E-state index contributed by atoms with van der Waals surface area (Å²) < 4.78 is 39.9. The second kappa shape index (κ2) is 13.2. The van der Waals surface area contributed by atoms with Crippen LogP contribution in [0.4, 0.5) is 4.79 Å². The normalized spacial score (nSPS) is 25.7. The van der Waals surface area contributed by atoms with Crippen LogP contribution in [-0.2, 0) is 19.6 Å². The van der Waals surface area contributed by atoms with E-state index in [4.69, 9.17) is 19.4 Å². The van der Waals surface area contributed by atoms with E-state index in [1.54, 1.807) is 19.1 Å². The highest BCUT2D eigenvalue weighted by Crippen LogP contribution is 2.46. The van der Waals surface area contributed by atoms with Gasteiger partial charge in [-0.3, -0.25) is 14.3 Å². The van der Waals surface area contributed by atoms with Gasteiger partial charge in [0, 0.05) is 37.6 Å². The fraction of sp³-hybridized carbons (Fsp3) is 0.472. The molecule has 3 heterocycles. The van der Waals surface area contributed by atoms with E-state index in [0.29, 0.717) is 47.7 Å². The van der Waals surface area contributed by atoms with Gasteiger partial charge in [0.2, 0.25) is 21.8 Å². The monoisotopic (exact) mass is 702 g/mol. The fourth-order valence-corrected chi connectivity index (χ4v) is 8.28. The van der Waals surface area contributed by atoms with Gasteiger partial charge in [-0.2, -0.15) is 4.98 Å². The molecular weight excluding hydrogens is 660 g/mol. The topological polar surface area (TPSA) is 160 Å². The number of urea groups is 1. The lowest BCUT2D eigenvalue weighted by Crippen LogP contribution is -2.57. The van der Waals surface area contributed by atoms with E-state index in [1.807, 2.05) is 61.5 Å². The molecule has 0 unspecified atom stereocenters. The zero-order valence-corrected chi connectivity index (χ0v) is 29.2. The molecule has 2 aromatic carbocycles. The maximum atomic E-state index is 14.2. The molecule has 264 valence electrons. The summed E-state index contributed by atoms with van der Waals surface area (Å²) in [5.41, 5.74) is 0.839. The number of nitrogens with one attached hydrogen (secondary N) is 2. The molecule has 2 aliphatic carbocycles. The Morgan fingerprint density at radius 3 is 2.62 bits per heavy atom. The summed E-state index contributed by atoms with van der Waals surface area (Å²) in [6, 6.07) is 11.9. The number of hydrogen-bond donors (Lipinski definition) is 2. The first-order valence-electron chi connectivity index (χ1n) is 17.1. The van der Waals surface area contributed by atoms with Crippen molar-refractivity contribution in [3.05, 3.63) is 60.2 Å². The molecule has 1 saturated heterocycles. The standard InChI is InChI=1S/C36H42N6O7S/c1-22-17-27-28(19-30(22)48-3)37-31(23-11-7-6-8-12-23)38-33(27)49-25-18-29-32(43)39-36(34(44)40-50(46,47)26-14-15-26)20-24(36)13-9-4-5-10-16-41(2)35(45)42(29)21-25/h6-9,11-13,17,19,24-26,29H,4-5,10,14-16,18,20-21H2,1-3H3,(H,39,43)(H,40,44)/t24-,25-,29+,36-/m1/s1. The van der Waals surface area contributed by atoms with Gasteiger partial charge in [-0.15, -0.1) is 0 Å². The van der Waals surface area contributed by atoms with Gasteiger partial charge in [-0.05, 0) is 57.1 Å². The summed E-state index contributed by atoms with van der Waals surface area (Å²) in [5, 5.41) is 2.97. The zero-order valence-electron chi connectivity index (χ0n) is 28.4. The van der Waals surface area contributed by atoms with Crippen molar-refractivity contribution in [2.75, 3.05) is 27.2 Å². The first kappa shape index (κ1) is 33.8. The van der Waals surface area contributed by atoms with Crippen LogP contribution in [0.3, 0.4) is 0 Å². The molecule has 4 amide bonds. The molecule has 50 heavy (non-hydrogen) atoms. The minimum Gasteiger partial charge on any atom is -0.496 e. The van der Waals surface area contributed by atoms with Crippen molar-refractivity contribution in [3.8, 4) is 23.0 Å². The van der Waals surface area contributed by atoms with Crippen molar-refractivity contribution in [2.24, 2.45) is 5.92 Å². The number of amides is 4. The van der Waals surface area contributed by atoms with Gasteiger partial charge in [0.1, 0.15) is 23.4 Å². The number of fused-ring (bicyclic) bond motifs is 3. The van der Waals surface area contributed by atoms with Crippen LogP contribution in [-0.4, -0.2) is 96.2 Å². The van der Waals surface area contributed by atoms with Gasteiger partial charge in [0.15, 0.2) is 5.82 Å². The molecule has 7 rings (SSSR count). The fourth-order valence-electron chi connectivity index (χ4n) is 6.92. The van der Waals surface area contributed by atoms with Gasteiger partial charge >= 0.3 is 6.03 Å². The summed E-state index contributed by atoms with van der Waals surface area (Å²) in [4.78, 5) is 54.3. The maximum absolute atomic E-state index is 14.2. The Morgan fingerprint density at radius 1 is 1.10 bits per heavy atom. The average Bonchev–Trinajstić information content (AvgIpc) is 4.03. The first-order valence-corrected chi connectivity index (χ1v) is 18.7. The van der Waals surface area contributed by atoms with Gasteiger partial charge in [0.05, 0.1) is 29.8 Å². The molecule has 14 heteroatoms. The number of sulfonamides is 1. The van der Waals surface area contributed by atoms with E-state index in [-0.39, 0.29) is 31.3 Å². The van der Waals surface area contributed by atoms with Gasteiger partial charge in [0.25, 0.3) is 5.91 Å². The summed E-state index contributed by atoms with van der Waals surface area (Å²) in [6.45, 7) is 2.52. The van der Waals surface area contributed by atoms with E-state index in [0.717, 1.165) is 30.4 Å².